The highest BCUT2D eigenvalue weighted by Gasteiger charge is 2.19. The summed E-state index contributed by atoms with van der Waals surface area (Å²) in [5.41, 5.74) is 7.28. The highest BCUT2D eigenvalue weighted by molar-refractivity contribution is 5.97. The normalized spacial score (nSPS) is 11.4. The van der Waals surface area contributed by atoms with Gasteiger partial charge in [-0.15, -0.1) is 0 Å². The van der Waals surface area contributed by atoms with Crippen LogP contribution in [0.5, 0.6) is 11.5 Å². The number of hydrogen-bond donors (Lipinski definition) is 3. The number of rotatable bonds is 9. The van der Waals surface area contributed by atoms with Crippen LogP contribution in [-0.2, 0) is 17.8 Å². The van der Waals surface area contributed by atoms with E-state index >= 15 is 0 Å². The number of hydrogen-bond acceptors (Lipinski definition) is 6. The highest BCUT2D eigenvalue weighted by atomic mass is 16.6. The van der Waals surface area contributed by atoms with Gasteiger partial charge < -0.3 is 20.9 Å². The van der Waals surface area contributed by atoms with Gasteiger partial charge in [-0.05, 0) is 47.5 Å². The Morgan fingerprint density at radius 3 is 2.12 bits per heavy atom. The summed E-state index contributed by atoms with van der Waals surface area (Å²) in [6, 6.07) is 17.7. The van der Waals surface area contributed by atoms with Crippen molar-refractivity contribution < 1.29 is 24.4 Å². The fourth-order valence-corrected chi connectivity index (χ4v) is 2.92. The van der Waals surface area contributed by atoms with Crippen molar-refractivity contribution in [2.45, 2.75) is 19.1 Å². The lowest BCUT2D eigenvalue weighted by Gasteiger charge is -2.16. The predicted molar refractivity (Wildman–Crippen MR) is 116 cm³/mol. The van der Waals surface area contributed by atoms with Crippen molar-refractivity contribution in [2.24, 2.45) is 5.73 Å². The quantitative estimate of drug-likeness (QED) is 0.348. The Morgan fingerprint density at radius 2 is 1.56 bits per heavy atom. The van der Waals surface area contributed by atoms with Gasteiger partial charge in [0.25, 0.3) is 11.6 Å². The first-order valence-electron chi connectivity index (χ1n) is 9.66. The molecular formula is C23H21N3O6. The van der Waals surface area contributed by atoms with E-state index in [1.54, 1.807) is 36.4 Å². The summed E-state index contributed by atoms with van der Waals surface area (Å²) in [5, 5.41) is 22.7. The number of benzene rings is 3. The number of phenolic OH excluding ortho intramolecular Hbond substituents is 1. The van der Waals surface area contributed by atoms with Crippen molar-refractivity contribution in [1.82, 2.24) is 5.32 Å². The van der Waals surface area contributed by atoms with Crippen LogP contribution in [0.15, 0.2) is 72.8 Å². The summed E-state index contributed by atoms with van der Waals surface area (Å²) in [6.07, 6.45) is 0.197. The second-order valence-corrected chi connectivity index (χ2v) is 7.04. The van der Waals surface area contributed by atoms with Gasteiger partial charge in [0, 0.05) is 24.1 Å². The second kappa shape index (κ2) is 10.1. The number of aromatic hydroxyl groups is 1. The number of nitrogens with zero attached hydrogens (tertiary/aromatic N) is 1. The minimum atomic E-state index is -0.905. The molecule has 3 aromatic rings. The van der Waals surface area contributed by atoms with E-state index in [-0.39, 0.29) is 24.5 Å². The standard InChI is InChI=1S/C23H21N3O6/c24-22(28)21(13-15-3-9-19(27)10-4-15)25-23(29)17-5-1-16(2-6-17)14-32-20-11-7-18(8-12-20)26(30)31/h1-12,21,27H,13-14H2,(H2,24,28)(H,25,29). The summed E-state index contributed by atoms with van der Waals surface area (Å²) in [4.78, 5) is 34.5. The minimum absolute atomic E-state index is 0.0209. The molecule has 9 heteroatoms. The second-order valence-electron chi connectivity index (χ2n) is 7.04. The molecule has 0 aliphatic rings. The number of nitro benzene ring substituents is 1. The van der Waals surface area contributed by atoms with Crippen LogP contribution in [0.3, 0.4) is 0 Å². The average molecular weight is 435 g/mol. The zero-order valence-electron chi connectivity index (χ0n) is 16.9. The molecule has 0 radical (unpaired) electrons. The maximum Gasteiger partial charge on any atom is 0.269 e. The molecule has 0 aliphatic carbocycles. The largest absolute Gasteiger partial charge is 0.508 e. The predicted octanol–water partition coefficient (Wildman–Crippen LogP) is 2.71. The van der Waals surface area contributed by atoms with E-state index in [4.69, 9.17) is 10.5 Å². The number of nitrogens with one attached hydrogen (secondary N) is 1. The molecule has 0 heterocycles. The lowest BCUT2D eigenvalue weighted by Crippen LogP contribution is -2.45. The molecule has 3 aromatic carbocycles. The van der Waals surface area contributed by atoms with Crippen molar-refractivity contribution in [3.63, 3.8) is 0 Å². The number of primary amides is 1. The number of nitrogens with two attached hydrogens (primary N) is 1. The fraction of sp³-hybridized carbons (Fsp3) is 0.130. The number of non-ortho nitro benzene ring substituents is 1. The Hall–Kier alpha value is -4.40. The van der Waals surface area contributed by atoms with Gasteiger partial charge in [0.2, 0.25) is 5.91 Å². The smallest absolute Gasteiger partial charge is 0.269 e. The number of nitro groups is 1. The molecule has 1 atom stereocenters. The van der Waals surface area contributed by atoms with Gasteiger partial charge in [-0.1, -0.05) is 24.3 Å². The molecule has 3 rings (SSSR count). The summed E-state index contributed by atoms with van der Waals surface area (Å²) in [6.45, 7) is 0.213. The van der Waals surface area contributed by atoms with Gasteiger partial charge >= 0.3 is 0 Å². The molecular weight excluding hydrogens is 414 g/mol. The Morgan fingerprint density at radius 1 is 0.969 bits per heavy atom. The third-order valence-corrected chi connectivity index (χ3v) is 4.69. The van der Waals surface area contributed by atoms with Crippen LogP contribution in [0.1, 0.15) is 21.5 Å². The van der Waals surface area contributed by atoms with Crippen LogP contribution >= 0.6 is 0 Å². The third-order valence-electron chi connectivity index (χ3n) is 4.69. The van der Waals surface area contributed by atoms with Crippen LogP contribution < -0.4 is 15.8 Å². The van der Waals surface area contributed by atoms with Gasteiger partial charge in [0.1, 0.15) is 24.1 Å². The van der Waals surface area contributed by atoms with E-state index < -0.39 is 22.8 Å². The molecule has 32 heavy (non-hydrogen) atoms. The molecule has 0 aliphatic heterocycles. The van der Waals surface area contributed by atoms with Gasteiger partial charge in [0.05, 0.1) is 4.92 Å². The van der Waals surface area contributed by atoms with Gasteiger partial charge in [0.15, 0.2) is 0 Å². The van der Waals surface area contributed by atoms with Gasteiger partial charge in [-0.3, -0.25) is 19.7 Å². The SMILES string of the molecule is NC(=O)C(Cc1ccc(O)cc1)NC(=O)c1ccc(COc2ccc([N+](=O)[O-])cc2)cc1. The molecule has 164 valence electrons. The van der Waals surface area contributed by atoms with Crippen LogP contribution in [0.2, 0.25) is 0 Å². The molecule has 0 aromatic heterocycles. The molecule has 0 bridgehead atoms. The van der Waals surface area contributed by atoms with Crippen LogP contribution in [-0.4, -0.2) is 27.9 Å². The number of carbonyl (C=O) groups excluding carboxylic acids is 2. The van der Waals surface area contributed by atoms with Gasteiger partial charge in [-0.25, -0.2) is 0 Å². The number of amides is 2. The van der Waals surface area contributed by atoms with Gasteiger partial charge in [-0.2, -0.15) is 0 Å². The Kier molecular flexibility index (Phi) is 7.02. The van der Waals surface area contributed by atoms with Crippen LogP contribution in [0.4, 0.5) is 5.69 Å². The third kappa shape index (κ3) is 6.05. The Labute approximate surface area is 183 Å². The number of ether oxygens (including phenoxy) is 1. The lowest BCUT2D eigenvalue weighted by molar-refractivity contribution is -0.384. The Balaban J connectivity index is 1.57. The number of phenols is 1. The van der Waals surface area contributed by atoms with Crippen molar-refractivity contribution in [1.29, 1.82) is 0 Å². The van der Waals surface area contributed by atoms with Crippen molar-refractivity contribution in [3.8, 4) is 11.5 Å². The molecule has 0 fully saturated rings. The maximum absolute atomic E-state index is 12.5. The minimum Gasteiger partial charge on any atom is -0.508 e. The fourth-order valence-electron chi connectivity index (χ4n) is 2.92. The highest BCUT2D eigenvalue weighted by Crippen LogP contribution is 2.18. The summed E-state index contributed by atoms with van der Waals surface area (Å²) in [7, 11) is 0. The summed E-state index contributed by atoms with van der Waals surface area (Å²) < 4.78 is 5.60. The molecule has 4 N–H and O–H groups in total. The molecule has 0 saturated heterocycles. The van der Waals surface area contributed by atoms with E-state index in [1.165, 1.54) is 36.4 Å². The molecule has 1 unspecified atom stereocenters. The van der Waals surface area contributed by atoms with Crippen molar-refractivity contribution >= 4 is 17.5 Å². The summed E-state index contributed by atoms with van der Waals surface area (Å²) >= 11 is 0. The van der Waals surface area contributed by atoms with Crippen molar-refractivity contribution in [3.05, 3.63) is 99.6 Å². The lowest BCUT2D eigenvalue weighted by atomic mass is 10.0. The van der Waals surface area contributed by atoms with E-state index in [9.17, 15) is 24.8 Å². The first-order chi connectivity index (χ1) is 15.3. The monoisotopic (exact) mass is 435 g/mol. The zero-order chi connectivity index (χ0) is 23.1. The molecule has 2 amide bonds. The van der Waals surface area contributed by atoms with E-state index in [2.05, 4.69) is 5.32 Å². The maximum atomic E-state index is 12.5. The number of carbonyl (C=O) groups is 2. The van der Waals surface area contributed by atoms with Crippen LogP contribution in [0, 0.1) is 10.1 Å². The topological polar surface area (TPSA) is 145 Å². The van der Waals surface area contributed by atoms with E-state index in [1.807, 2.05) is 0 Å². The van der Waals surface area contributed by atoms with E-state index in [0.29, 0.717) is 11.3 Å². The van der Waals surface area contributed by atoms with Crippen molar-refractivity contribution in [2.75, 3.05) is 0 Å². The first kappa shape index (κ1) is 22.3. The molecule has 0 spiro atoms. The average Bonchev–Trinajstić information content (AvgIpc) is 2.79. The summed E-state index contributed by atoms with van der Waals surface area (Å²) in [5.74, 6) is -0.531. The van der Waals surface area contributed by atoms with E-state index in [0.717, 1.165) is 11.1 Å². The molecule has 0 saturated carbocycles. The Bertz CT molecular complexity index is 1100. The van der Waals surface area contributed by atoms with Crippen LogP contribution in [0.25, 0.3) is 0 Å². The zero-order valence-corrected chi connectivity index (χ0v) is 16.9. The first-order valence-corrected chi connectivity index (χ1v) is 9.66. The molecule has 9 nitrogen and oxygen atoms in total.